The van der Waals surface area contributed by atoms with Crippen LogP contribution >= 0.6 is 11.6 Å². The molecule has 6 nitrogen and oxygen atoms in total. The molecule has 0 saturated carbocycles. The minimum atomic E-state index is -1.09. The molecule has 0 aliphatic carbocycles. The quantitative estimate of drug-likeness (QED) is 0.896. The number of pyridine rings is 1. The molecule has 0 bridgehead atoms. The molecule has 2 fully saturated rings. The van der Waals surface area contributed by atoms with Crippen LogP contribution in [0.1, 0.15) is 30.3 Å². The van der Waals surface area contributed by atoms with Gasteiger partial charge in [-0.2, -0.15) is 0 Å². The first kappa shape index (κ1) is 17.5. The minimum Gasteiger partial charge on any atom is -0.476 e. The monoisotopic (exact) mass is 353 g/mol. The summed E-state index contributed by atoms with van der Waals surface area (Å²) in [5.41, 5.74) is -0.0713. The number of carbonyl (C=O) groups is 1. The van der Waals surface area contributed by atoms with Crippen molar-refractivity contribution < 1.29 is 14.6 Å². The summed E-state index contributed by atoms with van der Waals surface area (Å²) >= 11 is 5.90. The van der Waals surface area contributed by atoms with Crippen LogP contribution < -0.4 is 4.90 Å². The first-order chi connectivity index (χ1) is 11.6. The second kappa shape index (κ2) is 7.68. The second-order valence-corrected chi connectivity index (χ2v) is 6.93. The smallest absolute Gasteiger partial charge is 0.356 e. The number of hydrogen-bond acceptors (Lipinski definition) is 5. The lowest BCUT2D eigenvalue weighted by Crippen LogP contribution is -2.48. The highest BCUT2D eigenvalue weighted by molar-refractivity contribution is 6.33. The van der Waals surface area contributed by atoms with Crippen molar-refractivity contribution >= 4 is 23.4 Å². The Labute approximate surface area is 147 Å². The van der Waals surface area contributed by atoms with Crippen LogP contribution in [0.2, 0.25) is 5.02 Å². The number of nitrogens with zero attached hydrogens (tertiary/aromatic N) is 3. The van der Waals surface area contributed by atoms with Crippen LogP contribution in [0.5, 0.6) is 0 Å². The number of anilines is 1. The Hall–Kier alpha value is -1.37. The molecule has 24 heavy (non-hydrogen) atoms. The van der Waals surface area contributed by atoms with Crippen molar-refractivity contribution in [2.75, 3.05) is 44.3 Å². The third kappa shape index (κ3) is 3.82. The van der Waals surface area contributed by atoms with E-state index in [4.69, 9.17) is 21.4 Å². The van der Waals surface area contributed by atoms with E-state index in [-0.39, 0.29) is 10.7 Å². The Morgan fingerprint density at radius 3 is 2.58 bits per heavy atom. The summed E-state index contributed by atoms with van der Waals surface area (Å²) in [5, 5.41) is 9.35. The third-order valence-electron chi connectivity index (χ3n) is 5.20. The van der Waals surface area contributed by atoms with Gasteiger partial charge in [0, 0.05) is 32.2 Å². The number of rotatable bonds is 4. The fourth-order valence-electron chi connectivity index (χ4n) is 3.65. The number of aromatic nitrogens is 1. The molecule has 1 unspecified atom stereocenters. The number of morpholine rings is 1. The SMILES string of the molecule is CC(C1CCN(c2ccc(Cl)c(C(=O)O)n2)CC1)N1CCOCC1. The molecule has 3 heterocycles. The lowest BCUT2D eigenvalue weighted by Gasteiger charge is -2.41. The predicted molar refractivity (Wildman–Crippen MR) is 93.0 cm³/mol. The number of hydrogen-bond donors (Lipinski definition) is 1. The standard InChI is InChI=1S/C17H24ClN3O3/c1-12(20-8-10-24-11-9-20)13-4-6-21(7-5-13)15-3-2-14(18)16(19-15)17(22)23/h2-3,12-13H,4-11H2,1H3,(H,22,23). The molecule has 1 aromatic rings. The summed E-state index contributed by atoms with van der Waals surface area (Å²) in [6.45, 7) is 7.80. The lowest BCUT2D eigenvalue weighted by atomic mass is 9.89. The topological polar surface area (TPSA) is 65.9 Å². The summed E-state index contributed by atoms with van der Waals surface area (Å²) in [5.74, 6) is 0.276. The van der Waals surface area contributed by atoms with Gasteiger partial charge in [0.1, 0.15) is 5.82 Å². The lowest BCUT2D eigenvalue weighted by molar-refractivity contribution is 0.00447. The highest BCUT2D eigenvalue weighted by atomic mass is 35.5. The van der Waals surface area contributed by atoms with Crippen LogP contribution in [0.15, 0.2) is 12.1 Å². The number of halogens is 1. The number of aromatic carboxylic acids is 1. The van der Waals surface area contributed by atoms with Crippen LogP contribution in [-0.4, -0.2) is 66.4 Å². The molecule has 1 atom stereocenters. The minimum absolute atomic E-state index is 0.0713. The molecule has 1 N–H and O–H groups in total. The van der Waals surface area contributed by atoms with E-state index in [1.807, 2.05) is 0 Å². The van der Waals surface area contributed by atoms with Gasteiger partial charge in [-0.3, -0.25) is 4.90 Å². The van der Waals surface area contributed by atoms with E-state index < -0.39 is 5.97 Å². The Balaban J connectivity index is 1.60. The first-order valence-electron chi connectivity index (χ1n) is 8.53. The van der Waals surface area contributed by atoms with Gasteiger partial charge < -0.3 is 14.7 Å². The van der Waals surface area contributed by atoms with Crippen LogP contribution in [0.3, 0.4) is 0 Å². The Morgan fingerprint density at radius 2 is 1.96 bits per heavy atom. The van der Waals surface area contributed by atoms with Gasteiger partial charge in [0.15, 0.2) is 5.69 Å². The summed E-state index contributed by atoms with van der Waals surface area (Å²) in [6, 6.07) is 3.99. The fourth-order valence-corrected chi connectivity index (χ4v) is 3.84. The van der Waals surface area contributed by atoms with Crippen LogP contribution in [0.25, 0.3) is 0 Å². The number of ether oxygens (including phenoxy) is 1. The zero-order valence-corrected chi connectivity index (χ0v) is 14.7. The van der Waals surface area contributed by atoms with E-state index in [0.29, 0.717) is 17.8 Å². The Bertz CT molecular complexity index is 584. The Kier molecular flexibility index (Phi) is 5.58. The van der Waals surface area contributed by atoms with Crippen molar-refractivity contribution in [1.29, 1.82) is 0 Å². The average Bonchev–Trinajstić information content (AvgIpc) is 2.62. The van der Waals surface area contributed by atoms with Gasteiger partial charge in [-0.15, -0.1) is 0 Å². The molecule has 3 rings (SSSR count). The predicted octanol–water partition coefficient (Wildman–Crippen LogP) is 2.37. The van der Waals surface area contributed by atoms with Crippen LogP contribution in [0.4, 0.5) is 5.82 Å². The highest BCUT2D eigenvalue weighted by Gasteiger charge is 2.29. The Morgan fingerprint density at radius 1 is 1.29 bits per heavy atom. The molecule has 2 aliphatic heterocycles. The van der Waals surface area contributed by atoms with Gasteiger partial charge in [-0.05, 0) is 37.8 Å². The van der Waals surface area contributed by atoms with Crippen LogP contribution in [-0.2, 0) is 4.74 Å². The maximum absolute atomic E-state index is 11.2. The van der Waals surface area contributed by atoms with E-state index in [2.05, 4.69) is 21.7 Å². The van der Waals surface area contributed by atoms with Gasteiger partial charge in [0.25, 0.3) is 0 Å². The van der Waals surface area contributed by atoms with Crippen molar-refractivity contribution in [3.05, 3.63) is 22.8 Å². The summed E-state index contributed by atoms with van der Waals surface area (Å²) in [6.07, 6.45) is 2.18. The van der Waals surface area contributed by atoms with E-state index in [1.165, 1.54) is 0 Å². The first-order valence-corrected chi connectivity index (χ1v) is 8.90. The van der Waals surface area contributed by atoms with E-state index in [9.17, 15) is 4.79 Å². The molecule has 0 radical (unpaired) electrons. The van der Waals surface area contributed by atoms with Crippen molar-refractivity contribution in [3.8, 4) is 0 Å². The fraction of sp³-hybridized carbons (Fsp3) is 0.647. The average molecular weight is 354 g/mol. The van der Waals surface area contributed by atoms with Gasteiger partial charge >= 0.3 is 5.97 Å². The molecule has 132 valence electrons. The molecule has 2 saturated heterocycles. The molecule has 7 heteroatoms. The zero-order chi connectivity index (χ0) is 17.1. The molecular weight excluding hydrogens is 330 g/mol. The van der Waals surface area contributed by atoms with Crippen LogP contribution in [0, 0.1) is 5.92 Å². The van der Waals surface area contributed by atoms with Gasteiger partial charge in [-0.25, -0.2) is 9.78 Å². The van der Waals surface area contributed by atoms with Crippen molar-refractivity contribution in [2.24, 2.45) is 5.92 Å². The second-order valence-electron chi connectivity index (χ2n) is 6.52. The highest BCUT2D eigenvalue weighted by Crippen LogP contribution is 2.28. The molecule has 0 amide bonds. The van der Waals surface area contributed by atoms with Crippen molar-refractivity contribution in [1.82, 2.24) is 9.88 Å². The molecular formula is C17H24ClN3O3. The molecule has 2 aliphatic rings. The molecule has 0 aromatic carbocycles. The normalized spacial score (nSPS) is 21.7. The number of piperidine rings is 1. The van der Waals surface area contributed by atoms with E-state index >= 15 is 0 Å². The third-order valence-corrected chi connectivity index (χ3v) is 5.51. The zero-order valence-electron chi connectivity index (χ0n) is 13.9. The summed E-state index contributed by atoms with van der Waals surface area (Å²) in [7, 11) is 0. The number of carboxylic acids is 1. The maximum atomic E-state index is 11.2. The van der Waals surface area contributed by atoms with Gasteiger partial charge in [0.2, 0.25) is 0 Å². The summed E-state index contributed by atoms with van der Waals surface area (Å²) in [4.78, 5) is 20.1. The molecule has 1 aromatic heterocycles. The maximum Gasteiger partial charge on any atom is 0.356 e. The van der Waals surface area contributed by atoms with Gasteiger partial charge in [-0.1, -0.05) is 11.6 Å². The van der Waals surface area contributed by atoms with Gasteiger partial charge in [0.05, 0.1) is 18.2 Å². The number of carboxylic acid groups (broad SMARTS) is 1. The summed E-state index contributed by atoms with van der Waals surface area (Å²) < 4.78 is 5.44. The molecule has 0 spiro atoms. The van der Waals surface area contributed by atoms with E-state index in [1.54, 1.807) is 12.1 Å². The van der Waals surface area contributed by atoms with Crippen molar-refractivity contribution in [2.45, 2.75) is 25.8 Å². The largest absolute Gasteiger partial charge is 0.476 e. The van der Waals surface area contributed by atoms with E-state index in [0.717, 1.165) is 52.2 Å². The van der Waals surface area contributed by atoms with Crippen molar-refractivity contribution in [3.63, 3.8) is 0 Å².